The Labute approximate surface area is 655 Å². The van der Waals surface area contributed by atoms with Gasteiger partial charge < -0.3 is 76.1 Å². The van der Waals surface area contributed by atoms with Crippen LogP contribution in [-0.2, 0) is 14.2 Å². The standard InChI is InChI=1S/3C24H31FN6O4S/c3*1-3-8-36-24-27-22(26-16-10-14(16)13-5-4-12(2)15(25)9-13)19-23(28-24)31(30-29-19)17-11-18(35-7-6-32)21(34)20(17)33/h3*4-5,9,14,16-18,20-21,32-34H,3,6-8,10-11H2,1-2H3,(H,26,27,28)/t3*14-,16+,17+,18-,20-,21+/m000/s1/i7D2,8D2,10D2;6D2,8D2,10D2;8D2,10D2. The van der Waals surface area contributed by atoms with Gasteiger partial charge in [0.15, 0.2) is 66.4 Å². The molecule has 0 saturated heterocycles. The van der Waals surface area contributed by atoms with E-state index in [1.807, 2.05) is 0 Å². The minimum atomic E-state index is -2.64. The number of aliphatic hydroxyl groups excluding tert-OH is 8. The van der Waals surface area contributed by atoms with Gasteiger partial charge in [0.05, 0.1) is 81.5 Å². The minimum Gasteiger partial charge on any atom is -0.394 e. The molecule has 0 aliphatic heterocycles. The van der Waals surface area contributed by atoms with Crippen LogP contribution in [0, 0.1) is 38.2 Å². The Morgan fingerprint density at radius 2 is 0.787 bits per heavy atom. The van der Waals surface area contributed by atoms with Crippen LogP contribution in [0.2, 0.25) is 0 Å². The van der Waals surface area contributed by atoms with E-state index in [4.69, 9.17) is 41.2 Å². The molecule has 15 rings (SSSR count). The van der Waals surface area contributed by atoms with Crippen LogP contribution in [0.3, 0.4) is 0 Å². The first kappa shape index (κ1) is 60.6. The Bertz CT molecular complexity index is 5380. The molecular weight excluding hydrogens is 1460 g/mol. The van der Waals surface area contributed by atoms with Crippen molar-refractivity contribution in [1.29, 1.82) is 0 Å². The number of ether oxygens (including phenoxy) is 3. The number of hydrogen-bond acceptors (Lipinski definition) is 30. The van der Waals surface area contributed by atoms with Gasteiger partial charge in [-0.05, 0) is 111 Å². The highest BCUT2D eigenvalue weighted by molar-refractivity contribution is 7.99. The molecule has 6 aliphatic carbocycles. The normalized spacial score (nSPS) is 31.9. The van der Waals surface area contributed by atoms with Crippen LogP contribution in [-0.4, -0.2) is 251 Å². The van der Waals surface area contributed by atoms with Crippen LogP contribution < -0.4 is 16.0 Å². The third kappa shape index (κ3) is 17.5. The summed E-state index contributed by atoms with van der Waals surface area (Å²) in [6.07, 6.45) is -16.2. The molecule has 12 N–H and O–H groups in total. The molecule has 9 aromatic rings. The number of nitrogens with one attached hydrogen (secondary N) is 3. The molecule has 30 nitrogen and oxygen atoms in total. The zero-order valence-corrected chi connectivity index (χ0v) is 61.4. The van der Waals surface area contributed by atoms with Crippen molar-refractivity contribution in [3.05, 3.63) is 105 Å². The van der Waals surface area contributed by atoms with Crippen molar-refractivity contribution in [3.63, 3.8) is 0 Å². The molecular formula is C72H93F3N18O12S3. The number of aromatic nitrogens is 15. The fourth-order valence-electron chi connectivity index (χ4n) is 13.0. The summed E-state index contributed by atoms with van der Waals surface area (Å²) in [5, 5.41) is 126. The van der Waals surface area contributed by atoms with Gasteiger partial charge in [0.1, 0.15) is 54.1 Å². The summed E-state index contributed by atoms with van der Waals surface area (Å²) >= 11 is 2.26. The van der Waals surface area contributed by atoms with Gasteiger partial charge in [0, 0.05) is 88.7 Å². The van der Waals surface area contributed by atoms with Gasteiger partial charge in [-0.25, -0.2) is 57.1 Å². The number of hydrogen-bond donors (Lipinski definition) is 12. The lowest BCUT2D eigenvalue weighted by Crippen LogP contribution is -2.33. The monoisotopic (exact) mass is 1570 g/mol. The maximum Gasteiger partial charge on any atom is 0.191 e. The predicted octanol–water partition coefficient (Wildman–Crippen LogP) is 6.55. The van der Waals surface area contributed by atoms with Crippen LogP contribution in [0.15, 0.2) is 70.1 Å². The topological polar surface area (TPSA) is 415 Å². The first-order valence-corrected chi connectivity index (χ1v) is 37.4. The molecule has 6 heterocycles. The fraction of sp³-hybridized carbons (Fsp3) is 0.583. The second-order valence-electron chi connectivity index (χ2n) is 26.3. The summed E-state index contributed by atoms with van der Waals surface area (Å²) in [6, 6.07) is 8.56. The summed E-state index contributed by atoms with van der Waals surface area (Å²) in [7, 11) is 0. The Kier molecular flexibility index (Phi) is 19.7. The lowest BCUT2D eigenvalue weighted by atomic mass is 10.1. The van der Waals surface area contributed by atoms with Crippen LogP contribution >= 0.6 is 35.3 Å². The molecule has 582 valence electrons. The molecule has 36 heteroatoms. The Morgan fingerprint density at radius 1 is 0.463 bits per heavy atom. The van der Waals surface area contributed by atoms with Crippen LogP contribution in [0.25, 0.3) is 33.5 Å². The minimum absolute atomic E-state index is 0.00569. The molecule has 6 aromatic heterocycles. The van der Waals surface area contributed by atoms with E-state index in [1.54, 1.807) is 77.9 Å². The third-order valence-corrected chi connectivity index (χ3v) is 21.3. The molecule has 0 radical (unpaired) electrons. The first-order chi connectivity index (χ1) is 58.0. The Hall–Kier alpha value is -7.14. The Morgan fingerprint density at radius 3 is 1.08 bits per heavy atom. The van der Waals surface area contributed by atoms with Crippen molar-refractivity contribution >= 4 is 86.2 Å². The average Bonchev–Trinajstić information content (AvgIpc) is 1.56. The summed E-state index contributed by atoms with van der Waals surface area (Å²) in [6.45, 7) is 2.80. The van der Waals surface area contributed by atoms with E-state index in [0.29, 0.717) is 33.4 Å². The highest BCUT2D eigenvalue weighted by Gasteiger charge is 2.49. The van der Waals surface area contributed by atoms with Gasteiger partial charge in [-0.3, -0.25) is 0 Å². The molecule has 6 fully saturated rings. The third-order valence-electron chi connectivity index (χ3n) is 18.9. The summed E-state index contributed by atoms with van der Waals surface area (Å²) < 4.78 is 193. The zero-order chi connectivity index (χ0) is 90.5. The van der Waals surface area contributed by atoms with Crippen molar-refractivity contribution in [3.8, 4) is 0 Å². The van der Waals surface area contributed by atoms with E-state index >= 15 is 0 Å². The fourth-order valence-corrected chi connectivity index (χ4v) is 14.7. The van der Waals surface area contributed by atoms with Gasteiger partial charge in [0.25, 0.3) is 0 Å². The van der Waals surface area contributed by atoms with E-state index in [9.17, 15) is 54.0 Å². The van der Waals surface area contributed by atoms with Crippen molar-refractivity contribution < 1.29 is 95.3 Å². The lowest BCUT2D eigenvalue weighted by Gasteiger charge is -2.17. The predicted molar refractivity (Wildman–Crippen MR) is 398 cm³/mol. The molecule has 0 bridgehead atoms. The largest absolute Gasteiger partial charge is 0.394 e. The number of nitrogens with zero attached hydrogens (tertiary/aromatic N) is 15. The first-order valence-electron chi connectivity index (χ1n) is 43.0. The number of fused-ring (bicyclic) bond motifs is 3. The molecule has 6 saturated carbocycles. The number of benzene rings is 3. The van der Waals surface area contributed by atoms with Crippen LogP contribution in [0.5, 0.6) is 0 Å². The number of rotatable bonds is 30. The van der Waals surface area contributed by atoms with Gasteiger partial charge in [-0.2, -0.15) is 0 Å². The molecule has 3 aromatic carbocycles. The van der Waals surface area contributed by atoms with Gasteiger partial charge in [-0.15, -0.1) is 15.3 Å². The van der Waals surface area contributed by atoms with Gasteiger partial charge in [0.2, 0.25) is 0 Å². The average molecular weight is 1570 g/mol. The van der Waals surface area contributed by atoms with Crippen molar-refractivity contribution in [2.75, 3.05) is 72.6 Å². The number of anilines is 3. The van der Waals surface area contributed by atoms with E-state index in [2.05, 4.69) is 76.8 Å². The molecule has 0 amide bonds. The van der Waals surface area contributed by atoms with Crippen LogP contribution in [0.1, 0.15) is 170 Å². The van der Waals surface area contributed by atoms with Gasteiger partial charge >= 0.3 is 0 Å². The van der Waals surface area contributed by atoms with Crippen molar-refractivity contribution in [2.24, 2.45) is 0 Å². The second-order valence-corrected chi connectivity index (χ2v) is 28.8. The smallest absolute Gasteiger partial charge is 0.191 e. The quantitative estimate of drug-likeness (QED) is 0.0168. The molecule has 108 heavy (non-hydrogen) atoms. The second kappa shape index (κ2) is 35.1. The van der Waals surface area contributed by atoms with Gasteiger partial charge in [-0.1, -0.05) is 108 Å². The van der Waals surface area contributed by atoms with E-state index in [1.165, 1.54) is 32.2 Å². The van der Waals surface area contributed by atoms with Crippen molar-refractivity contribution in [2.45, 2.75) is 224 Å². The number of halogens is 3. The summed E-state index contributed by atoms with van der Waals surface area (Å²) in [5.74, 6) is -3.16. The highest BCUT2D eigenvalue weighted by Crippen LogP contribution is 2.48. The SMILES string of the molecule is [2H]C([2H])(CC)Sc1nc(N[C@H]2[C@H](c3ccc(C)c(F)c3)C2([2H])[2H])c2nnn([C@@H]3C[C@H](OCCO)[C@@H](O)[C@H]3O)c2n1.[2H]C([2H])(CO)O[C@H]1C[C@@H](n2nnc3c(N[C@H]4[C@H](c5ccc(C)c(F)c5)C4([2H])[2H])nc(SC([2H])([2H])CC)nc32)[C@H](O)[C@@H]1O.[2H]C([2H])(O)CO[C@H]1C[C@@H](n2nnc3c(N[C@H]4[C@H](c5ccc(C)c(F)c5)C4([2H])[2H])nc(SC([2H])([2H])CC)nc32)[C@H](O)[C@@H]1O. The molecule has 18 atom stereocenters. The summed E-state index contributed by atoms with van der Waals surface area (Å²) in [5.41, 5.74) is -1.80. The van der Waals surface area contributed by atoms with E-state index < -0.39 is 189 Å². The zero-order valence-electron chi connectivity index (χ0n) is 75.0. The van der Waals surface area contributed by atoms with Crippen molar-refractivity contribution in [1.82, 2.24) is 74.9 Å². The number of aliphatic hydroxyl groups is 9. The molecule has 6 aliphatic rings. The van der Waals surface area contributed by atoms with E-state index in [0.717, 1.165) is 35.3 Å². The van der Waals surface area contributed by atoms with Crippen LogP contribution in [0.4, 0.5) is 30.6 Å². The maximum absolute atomic E-state index is 14.3. The van der Waals surface area contributed by atoms with E-state index in [-0.39, 0.29) is 118 Å². The molecule has 0 spiro atoms. The Balaban J connectivity index is 0.000000160. The number of aryl methyl sites for hydroxylation is 3. The lowest BCUT2D eigenvalue weighted by molar-refractivity contribution is -0.0629. The molecule has 0 unspecified atom stereocenters. The highest BCUT2D eigenvalue weighted by atomic mass is 32.2. The number of thioether (sulfide) groups is 3. The maximum atomic E-state index is 14.3. The summed E-state index contributed by atoms with van der Waals surface area (Å²) in [4.78, 5) is 26.6.